The second kappa shape index (κ2) is 7.28. The number of nitrogen functional groups attached to an aromatic ring is 1. The summed E-state index contributed by atoms with van der Waals surface area (Å²) in [4.78, 5) is 16.2. The van der Waals surface area contributed by atoms with Crippen LogP contribution in [-0.4, -0.2) is 28.1 Å². The lowest BCUT2D eigenvalue weighted by molar-refractivity contribution is -0.115. The van der Waals surface area contributed by atoms with Gasteiger partial charge in [0.1, 0.15) is 11.6 Å². The van der Waals surface area contributed by atoms with E-state index in [0.717, 1.165) is 10.2 Å². The van der Waals surface area contributed by atoms with Crippen LogP contribution in [0.25, 0.3) is 0 Å². The van der Waals surface area contributed by atoms with Gasteiger partial charge in [-0.1, -0.05) is 11.8 Å². The number of carbonyl (C=O) groups is 1. The van der Waals surface area contributed by atoms with Gasteiger partial charge in [0.05, 0.1) is 12.8 Å². The molecule has 0 unspecified atom stereocenters. The first-order valence-electron chi connectivity index (χ1n) is 6.25. The molecule has 112 valence electrons. The Morgan fingerprint density at radius 3 is 3.00 bits per heavy atom. The molecule has 0 radical (unpaired) electrons. The second-order valence-electron chi connectivity index (χ2n) is 4.21. The number of aryl methyl sites for hydroxylation is 1. The Hall–Kier alpha value is -1.80. The fourth-order valence-electron chi connectivity index (χ4n) is 1.59. The van der Waals surface area contributed by atoms with Crippen LogP contribution in [0.15, 0.2) is 22.5 Å². The maximum Gasteiger partial charge on any atom is 0.225 e. The first-order chi connectivity index (χ1) is 10.1. The number of nitrogens with one attached hydrogen (secondary N) is 1. The van der Waals surface area contributed by atoms with Gasteiger partial charge in [0, 0.05) is 23.9 Å². The third kappa shape index (κ3) is 4.61. The van der Waals surface area contributed by atoms with Gasteiger partial charge in [0.2, 0.25) is 5.91 Å². The van der Waals surface area contributed by atoms with Crippen molar-refractivity contribution < 1.29 is 9.53 Å². The molecule has 2 aromatic rings. The number of hydrogen-bond acceptors (Lipinski definition) is 7. The summed E-state index contributed by atoms with van der Waals surface area (Å²) >= 11 is 2.87. The van der Waals surface area contributed by atoms with E-state index in [1.165, 1.54) is 30.4 Å². The molecule has 8 heteroatoms. The highest BCUT2D eigenvalue weighted by Gasteiger charge is 2.09. The lowest BCUT2D eigenvalue weighted by atomic mass is 10.2. The van der Waals surface area contributed by atoms with E-state index in [1.54, 1.807) is 18.2 Å². The van der Waals surface area contributed by atoms with Gasteiger partial charge in [-0.25, -0.2) is 4.98 Å². The number of thioether (sulfide) groups is 1. The van der Waals surface area contributed by atoms with Crippen LogP contribution in [0.5, 0.6) is 5.75 Å². The number of aromatic nitrogens is 2. The lowest BCUT2D eigenvalue weighted by Crippen LogP contribution is -2.13. The quantitative estimate of drug-likeness (QED) is 0.627. The molecule has 2 rings (SSSR count). The second-order valence-corrected chi connectivity index (χ2v) is 6.31. The van der Waals surface area contributed by atoms with Crippen molar-refractivity contribution in [3.8, 4) is 5.75 Å². The Bertz CT molecular complexity index is 630. The maximum atomic E-state index is 11.9. The van der Waals surface area contributed by atoms with Crippen molar-refractivity contribution in [2.75, 3.05) is 23.9 Å². The molecule has 1 heterocycles. The van der Waals surface area contributed by atoms with Crippen molar-refractivity contribution >= 4 is 40.6 Å². The molecule has 0 aliphatic rings. The summed E-state index contributed by atoms with van der Waals surface area (Å²) in [6, 6.07) is 5.12. The molecule has 3 N–H and O–H groups in total. The summed E-state index contributed by atoms with van der Waals surface area (Å²) in [5.41, 5.74) is 6.88. The molecule has 0 spiro atoms. The Kier molecular flexibility index (Phi) is 5.40. The van der Waals surface area contributed by atoms with Crippen LogP contribution in [0, 0.1) is 6.92 Å². The van der Waals surface area contributed by atoms with E-state index in [2.05, 4.69) is 14.7 Å². The highest BCUT2D eigenvalue weighted by Crippen LogP contribution is 2.27. The molecule has 0 aliphatic heterocycles. The van der Waals surface area contributed by atoms with E-state index in [-0.39, 0.29) is 5.91 Å². The number of nitrogens with two attached hydrogens (primary N) is 1. The zero-order valence-corrected chi connectivity index (χ0v) is 13.4. The van der Waals surface area contributed by atoms with Crippen LogP contribution in [0.2, 0.25) is 0 Å². The number of nitrogens with zero attached hydrogens (tertiary/aromatic N) is 2. The number of anilines is 2. The van der Waals surface area contributed by atoms with E-state index in [4.69, 9.17) is 10.5 Å². The first kappa shape index (κ1) is 15.6. The minimum Gasteiger partial charge on any atom is -0.494 e. The minimum absolute atomic E-state index is 0.0770. The molecule has 6 nitrogen and oxygen atoms in total. The number of hydrogen-bond donors (Lipinski definition) is 2. The van der Waals surface area contributed by atoms with Gasteiger partial charge >= 0.3 is 0 Å². The van der Waals surface area contributed by atoms with Gasteiger partial charge in [-0.05, 0) is 30.6 Å². The molecular formula is C13H16N4O2S2. The normalized spacial score (nSPS) is 10.4. The summed E-state index contributed by atoms with van der Waals surface area (Å²) < 4.78 is 10.2. The van der Waals surface area contributed by atoms with Crippen LogP contribution >= 0.6 is 23.3 Å². The van der Waals surface area contributed by atoms with Crippen LogP contribution in [0.3, 0.4) is 0 Å². The molecule has 0 fully saturated rings. The number of carbonyl (C=O) groups excluding carboxylic acids is 1. The molecule has 0 aliphatic carbocycles. The van der Waals surface area contributed by atoms with Crippen molar-refractivity contribution in [2.24, 2.45) is 0 Å². The van der Waals surface area contributed by atoms with Crippen molar-refractivity contribution in [1.82, 2.24) is 9.36 Å². The van der Waals surface area contributed by atoms with Crippen LogP contribution in [0.1, 0.15) is 12.2 Å². The largest absolute Gasteiger partial charge is 0.494 e. The maximum absolute atomic E-state index is 11.9. The van der Waals surface area contributed by atoms with Crippen LogP contribution < -0.4 is 15.8 Å². The number of amides is 1. The van der Waals surface area contributed by atoms with E-state index >= 15 is 0 Å². The third-order valence-electron chi connectivity index (χ3n) is 2.56. The summed E-state index contributed by atoms with van der Waals surface area (Å²) in [5.74, 6) is 1.89. The van der Waals surface area contributed by atoms with Gasteiger partial charge in [0.15, 0.2) is 4.34 Å². The topological polar surface area (TPSA) is 90.1 Å². The Morgan fingerprint density at radius 2 is 2.33 bits per heavy atom. The van der Waals surface area contributed by atoms with Crippen molar-refractivity contribution in [3.63, 3.8) is 0 Å². The molecule has 0 saturated carbocycles. The van der Waals surface area contributed by atoms with E-state index < -0.39 is 0 Å². The minimum atomic E-state index is -0.0770. The average Bonchev–Trinajstić information content (AvgIpc) is 2.86. The molecule has 1 amide bonds. The Morgan fingerprint density at radius 1 is 1.52 bits per heavy atom. The highest BCUT2D eigenvalue weighted by atomic mass is 32.2. The standard InChI is InChI=1S/C13H16N4O2S2/c1-8-15-13(21-17-8)20-6-5-12(18)16-10-4-3-9(14)7-11(10)19-2/h3-4,7H,5-6,14H2,1-2H3,(H,16,18). The first-order valence-corrected chi connectivity index (χ1v) is 8.01. The predicted octanol–water partition coefficient (Wildman–Crippen LogP) is 2.56. The molecule has 1 aromatic carbocycles. The van der Waals surface area contributed by atoms with Crippen LogP contribution in [-0.2, 0) is 4.79 Å². The monoisotopic (exact) mass is 324 g/mol. The van der Waals surface area contributed by atoms with E-state index in [0.29, 0.717) is 29.3 Å². The molecule has 0 atom stereocenters. The number of benzene rings is 1. The Balaban J connectivity index is 1.84. The molecular weight excluding hydrogens is 308 g/mol. The van der Waals surface area contributed by atoms with Gasteiger partial charge in [-0.15, -0.1) is 0 Å². The fourth-order valence-corrected chi connectivity index (χ4v) is 3.25. The third-order valence-corrected chi connectivity index (χ3v) is 4.49. The van der Waals surface area contributed by atoms with Gasteiger partial charge in [-0.3, -0.25) is 4.79 Å². The van der Waals surface area contributed by atoms with Gasteiger partial charge < -0.3 is 15.8 Å². The van der Waals surface area contributed by atoms with Crippen LogP contribution in [0.4, 0.5) is 11.4 Å². The molecule has 21 heavy (non-hydrogen) atoms. The zero-order chi connectivity index (χ0) is 15.2. The SMILES string of the molecule is COc1cc(N)ccc1NC(=O)CCSc1nc(C)ns1. The predicted molar refractivity (Wildman–Crippen MR) is 86.0 cm³/mol. The zero-order valence-electron chi connectivity index (χ0n) is 11.8. The highest BCUT2D eigenvalue weighted by molar-refractivity contribution is 8.00. The Labute approximate surface area is 131 Å². The van der Waals surface area contributed by atoms with E-state index in [1.807, 2.05) is 6.92 Å². The van der Waals surface area contributed by atoms with E-state index in [9.17, 15) is 4.79 Å². The van der Waals surface area contributed by atoms with Gasteiger partial charge in [0.25, 0.3) is 0 Å². The number of ether oxygens (including phenoxy) is 1. The summed E-state index contributed by atoms with van der Waals surface area (Å²) in [6.45, 7) is 1.85. The van der Waals surface area contributed by atoms with Crippen molar-refractivity contribution in [1.29, 1.82) is 0 Å². The van der Waals surface area contributed by atoms with Crippen molar-refractivity contribution in [3.05, 3.63) is 24.0 Å². The number of methoxy groups -OCH3 is 1. The molecule has 0 bridgehead atoms. The fraction of sp³-hybridized carbons (Fsp3) is 0.308. The average molecular weight is 324 g/mol. The molecule has 1 aromatic heterocycles. The summed E-state index contributed by atoms with van der Waals surface area (Å²) in [6.07, 6.45) is 0.386. The summed E-state index contributed by atoms with van der Waals surface area (Å²) in [7, 11) is 1.54. The van der Waals surface area contributed by atoms with Crippen molar-refractivity contribution in [2.45, 2.75) is 17.7 Å². The summed E-state index contributed by atoms with van der Waals surface area (Å²) in [5, 5.41) is 2.81. The molecule has 0 saturated heterocycles. The van der Waals surface area contributed by atoms with Gasteiger partial charge in [-0.2, -0.15) is 4.37 Å². The smallest absolute Gasteiger partial charge is 0.225 e. The number of rotatable bonds is 6. The lowest BCUT2D eigenvalue weighted by Gasteiger charge is -2.10.